The maximum atomic E-state index is 12.1. The number of nitrogens with one attached hydrogen (secondary N) is 2. The van der Waals surface area contributed by atoms with E-state index in [-0.39, 0.29) is 25.4 Å². The first kappa shape index (κ1) is 19.6. The quantitative estimate of drug-likeness (QED) is 0.758. The van der Waals surface area contributed by atoms with Crippen LogP contribution in [0, 0.1) is 0 Å². The smallest absolute Gasteiger partial charge is 0.408 e. The maximum absolute atomic E-state index is 12.1. The molecule has 0 saturated carbocycles. The molecule has 1 fully saturated rings. The molecule has 3 amide bonds. The molecular formula is C18H25N3O5. The van der Waals surface area contributed by atoms with Gasteiger partial charge in [0.25, 0.3) is 0 Å². The van der Waals surface area contributed by atoms with Gasteiger partial charge in [-0.1, -0.05) is 30.3 Å². The normalized spacial score (nSPS) is 20.0. The van der Waals surface area contributed by atoms with E-state index in [4.69, 9.17) is 4.74 Å². The van der Waals surface area contributed by atoms with E-state index in [1.807, 2.05) is 30.3 Å². The Hall–Kier alpha value is -2.77. The van der Waals surface area contributed by atoms with E-state index in [1.165, 1.54) is 4.90 Å². The number of piperidine rings is 1. The summed E-state index contributed by atoms with van der Waals surface area (Å²) in [6, 6.07) is 7.84. The van der Waals surface area contributed by atoms with Gasteiger partial charge in [0, 0.05) is 19.5 Å². The predicted octanol–water partition coefficient (Wildman–Crippen LogP) is 1.95. The SMILES string of the molecule is CC(C)(C)OC(=O)N[C@H]1CNC(=O)C[C@@H]1N(Cc1ccccc1)C(=O)O. The second kappa shape index (κ2) is 8.07. The van der Waals surface area contributed by atoms with Crippen molar-refractivity contribution in [3.8, 4) is 0 Å². The number of nitrogens with zero attached hydrogens (tertiary/aromatic N) is 1. The second-order valence-electron chi connectivity index (χ2n) is 7.22. The molecule has 1 heterocycles. The Morgan fingerprint density at radius 1 is 1.31 bits per heavy atom. The van der Waals surface area contributed by atoms with Crippen molar-refractivity contribution in [3.05, 3.63) is 35.9 Å². The van der Waals surface area contributed by atoms with Crippen molar-refractivity contribution in [2.24, 2.45) is 0 Å². The topological polar surface area (TPSA) is 108 Å². The van der Waals surface area contributed by atoms with Gasteiger partial charge < -0.3 is 20.5 Å². The summed E-state index contributed by atoms with van der Waals surface area (Å²) in [5.74, 6) is -0.253. The van der Waals surface area contributed by atoms with Crippen LogP contribution in [0.4, 0.5) is 9.59 Å². The van der Waals surface area contributed by atoms with E-state index in [0.717, 1.165) is 5.56 Å². The molecule has 0 aromatic heterocycles. The number of benzene rings is 1. The van der Waals surface area contributed by atoms with Crippen LogP contribution in [0.25, 0.3) is 0 Å². The maximum Gasteiger partial charge on any atom is 0.408 e. The van der Waals surface area contributed by atoms with Gasteiger partial charge in [-0.25, -0.2) is 9.59 Å². The van der Waals surface area contributed by atoms with Gasteiger partial charge in [-0.3, -0.25) is 9.69 Å². The molecule has 1 aromatic carbocycles. The van der Waals surface area contributed by atoms with Gasteiger partial charge >= 0.3 is 12.2 Å². The van der Waals surface area contributed by atoms with Gasteiger partial charge in [0.2, 0.25) is 5.91 Å². The highest BCUT2D eigenvalue weighted by Gasteiger charge is 2.37. The highest BCUT2D eigenvalue weighted by atomic mass is 16.6. The summed E-state index contributed by atoms with van der Waals surface area (Å²) in [6.07, 6.45) is -1.82. The minimum Gasteiger partial charge on any atom is -0.465 e. The Balaban J connectivity index is 2.17. The van der Waals surface area contributed by atoms with Gasteiger partial charge in [-0.15, -0.1) is 0 Å². The molecule has 0 aliphatic carbocycles. The highest BCUT2D eigenvalue weighted by Crippen LogP contribution is 2.18. The highest BCUT2D eigenvalue weighted by molar-refractivity contribution is 5.79. The Labute approximate surface area is 152 Å². The minimum atomic E-state index is -1.15. The molecule has 3 N–H and O–H groups in total. The lowest BCUT2D eigenvalue weighted by Gasteiger charge is -2.38. The van der Waals surface area contributed by atoms with E-state index >= 15 is 0 Å². The van der Waals surface area contributed by atoms with Gasteiger partial charge in [-0.2, -0.15) is 0 Å². The summed E-state index contributed by atoms with van der Waals surface area (Å²) in [6.45, 7) is 5.49. The van der Waals surface area contributed by atoms with Crippen LogP contribution in [-0.2, 0) is 16.1 Å². The number of alkyl carbamates (subject to hydrolysis) is 1. The fraction of sp³-hybridized carbons (Fsp3) is 0.500. The Morgan fingerprint density at radius 2 is 1.96 bits per heavy atom. The lowest BCUT2D eigenvalue weighted by atomic mass is 9.98. The third-order valence-corrected chi connectivity index (χ3v) is 3.92. The molecule has 0 spiro atoms. The molecule has 8 nitrogen and oxygen atoms in total. The average molecular weight is 363 g/mol. The zero-order valence-electron chi connectivity index (χ0n) is 15.2. The lowest BCUT2D eigenvalue weighted by Crippen LogP contribution is -2.62. The van der Waals surface area contributed by atoms with E-state index in [9.17, 15) is 19.5 Å². The summed E-state index contributed by atoms with van der Waals surface area (Å²) in [4.78, 5) is 36.9. The third-order valence-electron chi connectivity index (χ3n) is 3.92. The molecule has 142 valence electrons. The largest absolute Gasteiger partial charge is 0.465 e. The minimum absolute atomic E-state index is 0.0282. The summed E-state index contributed by atoms with van der Waals surface area (Å²) in [5, 5.41) is 15.0. The van der Waals surface area contributed by atoms with Crippen molar-refractivity contribution >= 4 is 18.1 Å². The Bertz CT molecular complexity index is 657. The second-order valence-corrected chi connectivity index (χ2v) is 7.22. The zero-order valence-corrected chi connectivity index (χ0v) is 15.2. The molecule has 0 unspecified atom stereocenters. The molecule has 0 bridgehead atoms. The van der Waals surface area contributed by atoms with Gasteiger partial charge in [-0.05, 0) is 26.3 Å². The first-order chi connectivity index (χ1) is 12.2. The summed E-state index contributed by atoms with van der Waals surface area (Å²) >= 11 is 0. The molecule has 26 heavy (non-hydrogen) atoms. The monoisotopic (exact) mass is 363 g/mol. The van der Waals surface area contributed by atoms with Gasteiger partial charge in [0.1, 0.15) is 5.60 Å². The van der Waals surface area contributed by atoms with Crippen LogP contribution in [-0.4, -0.2) is 52.3 Å². The predicted molar refractivity (Wildman–Crippen MR) is 94.6 cm³/mol. The molecule has 0 radical (unpaired) electrons. The van der Waals surface area contributed by atoms with Crippen LogP contribution >= 0.6 is 0 Å². The van der Waals surface area contributed by atoms with E-state index in [2.05, 4.69) is 10.6 Å². The number of amides is 3. The van der Waals surface area contributed by atoms with E-state index < -0.39 is 29.9 Å². The molecule has 8 heteroatoms. The molecule has 1 saturated heterocycles. The van der Waals surface area contributed by atoms with Crippen LogP contribution in [0.2, 0.25) is 0 Å². The standard InChI is InChI=1S/C18H25N3O5/c1-18(2,3)26-16(23)20-13-10-19-15(22)9-14(13)21(17(24)25)11-12-7-5-4-6-8-12/h4-8,13-14H,9-11H2,1-3H3,(H,19,22)(H,20,23)(H,24,25)/t13-,14-/m0/s1. The van der Waals surface area contributed by atoms with Crippen LogP contribution in [0.1, 0.15) is 32.8 Å². The van der Waals surface area contributed by atoms with Crippen molar-refractivity contribution in [2.45, 2.75) is 51.4 Å². The van der Waals surface area contributed by atoms with Crippen molar-refractivity contribution in [2.75, 3.05) is 6.54 Å². The van der Waals surface area contributed by atoms with E-state index in [1.54, 1.807) is 20.8 Å². The van der Waals surface area contributed by atoms with Crippen molar-refractivity contribution in [1.29, 1.82) is 0 Å². The fourth-order valence-electron chi connectivity index (χ4n) is 2.80. The first-order valence-corrected chi connectivity index (χ1v) is 8.45. The van der Waals surface area contributed by atoms with Gasteiger partial charge in [0.05, 0.1) is 12.1 Å². The summed E-state index contributed by atoms with van der Waals surface area (Å²) in [5.41, 5.74) is 0.130. The molecule has 1 aliphatic heterocycles. The fourth-order valence-corrected chi connectivity index (χ4v) is 2.80. The van der Waals surface area contributed by atoms with E-state index in [0.29, 0.717) is 0 Å². The van der Waals surface area contributed by atoms with Crippen molar-refractivity contribution in [1.82, 2.24) is 15.5 Å². The van der Waals surface area contributed by atoms with Gasteiger partial charge in [0.15, 0.2) is 0 Å². The molecule has 1 aliphatic rings. The first-order valence-electron chi connectivity index (χ1n) is 8.45. The lowest BCUT2D eigenvalue weighted by molar-refractivity contribution is -0.124. The number of carboxylic acid groups (broad SMARTS) is 1. The summed E-state index contributed by atoms with van der Waals surface area (Å²) in [7, 11) is 0. The Kier molecular flexibility index (Phi) is 6.07. The molecule has 2 atom stereocenters. The Morgan fingerprint density at radius 3 is 2.54 bits per heavy atom. The van der Waals surface area contributed by atoms with Crippen molar-refractivity contribution in [3.63, 3.8) is 0 Å². The van der Waals surface area contributed by atoms with Crippen molar-refractivity contribution < 1.29 is 24.2 Å². The molecule has 2 rings (SSSR count). The van der Waals surface area contributed by atoms with Crippen LogP contribution in [0.15, 0.2) is 30.3 Å². The number of hydrogen-bond donors (Lipinski definition) is 3. The summed E-state index contributed by atoms with van der Waals surface area (Å²) < 4.78 is 5.25. The molecular weight excluding hydrogens is 338 g/mol. The van der Waals surface area contributed by atoms with Crippen LogP contribution < -0.4 is 10.6 Å². The number of carbonyl (C=O) groups is 3. The third kappa shape index (κ3) is 5.65. The molecule has 1 aromatic rings. The van der Waals surface area contributed by atoms with Crippen LogP contribution in [0.3, 0.4) is 0 Å². The average Bonchev–Trinajstić information content (AvgIpc) is 2.53. The zero-order chi connectivity index (χ0) is 19.3. The number of hydrogen-bond acceptors (Lipinski definition) is 4. The van der Waals surface area contributed by atoms with Crippen LogP contribution in [0.5, 0.6) is 0 Å². The number of carbonyl (C=O) groups excluding carboxylic acids is 2. The number of rotatable bonds is 4. The number of ether oxygens (including phenoxy) is 1.